The Morgan fingerprint density at radius 1 is 1.00 bits per heavy atom. The summed E-state index contributed by atoms with van der Waals surface area (Å²) in [5, 5.41) is 9.11. The quantitative estimate of drug-likeness (QED) is 0.729. The molecule has 5 nitrogen and oxygen atoms in total. The van der Waals surface area contributed by atoms with Crippen LogP contribution in [0.3, 0.4) is 0 Å². The van der Waals surface area contributed by atoms with Gasteiger partial charge in [0.05, 0.1) is 20.6 Å². The van der Waals surface area contributed by atoms with Crippen molar-refractivity contribution in [2.24, 2.45) is 0 Å². The Bertz CT molecular complexity index is 770. The number of carbonyl (C=O) groups excluding carboxylic acids is 1. The number of ether oxygens (including phenoxy) is 2. The van der Waals surface area contributed by atoms with Crippen molar-refractivity contribution in [3.63, 3.8) is 0 Å². The lowest BCUT2D eigenvalue weighted by Crippen LogP contribution is -2.12. The fraction of sp³-hybridized carbons (Fsp3) is 0.222. The van der Waals surface area contributed by atoms with Crippen molar-refractivity contribution in [3.05, 3.63) is 57.6 Å². The topological polar surface area (TPSA) is 72.8 Å². The lowest BCUT2D eigenvalue weighted by atomic mass is 9.96. The number of carboxylic acids is 1. The number of Topliss-reactive ketones (excluding diaryl/α,β-unsaturated/α-hetero) is 1. The molecular weight excluding hydrogens is 376 g/mol. The molecular formula is C18H17BrO5. The highest BCUT2D eigenvalue weighted by atomic mass is 79.9. The molecule has 0 amide bonds. The number of halogens is 1. The summed E-state index contributed by atoms with van der Waals surface area (Å²) in [4.78, 5) is 23.8. The maximum atomic E-state index is 12.7. The van der Waals surface area contributed by atoms with Crippen LogP contribution in [-0.2, 0) is 17.6 Å². The van der Waals surface area contributed by atoms with Gasteiger partial charge in [-0.25, -0.2) is 0 Å². The number of hydrogen-bond acceptors (Lipinski definition) is 4. The molecule has 0 spiro atoms. The second-order valence-electron chi connectivity index (χ2n) is 5.13. The van der Waals surface area contributed by atoms with E-state index in [-0.39, 0.29) is 18.6 Å². The van der Waals surface area contributed by atoms with Gasteiger partial charge in [0.2, 0.25) is 0 Å². The highest BCUT2D eigenvalue weighted by Gasteiger charge is 2.19. The molecule has 2 aromatic carbocycles. The fourth-order valence-corrected chi connectivity index (χ4v) is 2.82. The summed E-state index contributed by atoms with van der Waals surface area (Å²) >= 11 is 3.42. The third-order valence-corrected chi connectivity index (χ3v) is 4.33. The monoisotopic (exact) mass is 392 g/mol. The first-order valence-corrected chi connectivity index (χ1v) is 7.98. The summed E-state index contributed by atoms with van der Waals surface area (Å²) in [6, 6.07) is 10.5. The first-order chi connectivity index (χ1) is 11.5. The second kappa shape index (κ2) is 7.97. The van der Waals surface area contributed by atoms with Crippen molar-refractivity contribution in [1.82, 2.24) is 0 Å². The van der Waals surface area contributed by atoms with Crippen LogP contribution in [-0.4, -0.2) is 31.1 Å². The minimum atomic E-state index is -1.02. The molecule has 126 valence electrons. The van der Waals surface area contributed by atoms with E-state index >= 15 is 0 Å². The Balaban J connectivity index is 2.44. The predicted octanol–water partition coefficient (Wildman–Crippen LogP) is 3.52. The van der Waals surface area contributed by atoms with E-state index in [1.54, 1.807) is 6.07 Å². The number of carboxylic acid groups (broad SMARTS) is 1. The van der Waals surface area contributed by atoms with E-state index < -0.39 is 5.97 Å². The molecule has 0 unspecified atom stereocenters. The van der Waals surface area contributed by atoms with Gasteiger partial charge in [0.15, 0.2) is 17.3 Å². The van der Waals surface area contributed by atoms with Crippen LogP contribution >= 0.6 is 15.9 Å². The Labute approximate surface area is 148 Å². The van der Waals surface area contributed by atoms with Gasteiger partial charge in [-0.1, -0.05) is 34.1 Å². The van der Waals surface area contributed by atoms with Gasteiger partial charge in [-0.3, -0.25) is 9.59 Å². The minimum Gasteiger partial charge on any atom is -0.493 e. The summed E-state index contributed by atoms with van der Waals surface area (Å²) in [6.45, 7) is 0. The van der Waals surface area contributed by atoms with Crippen LogP contribution in [0.5, 0.6) is 11.5 Å². The second-order valence-corrected chi connectivity index (χ2v) is 5.98. The van der Waals surface area contributed by atoms with Gasteiger partial charge in [0, 0.05) is 16.5 Å². The fourth-order valence-electron chi connectivity index (χ4n) is 2.40. The third kappa shape index (κ3) is 4.14. The molecule has 2 rings (SSSR count). The number of aliphatic carboxylic acids is 1. The third-order valence-electron chi connectivity index (χ3n) is 3.56. The van der Waals surface area contributed by atoms with E-state index in [1.807, 2.05) is 24.3 Å². The highest BCUT2D eigenvalue weighted by Crippen LogP contribution is 2.32. The number of benzene rings is 2. The van der Waals surface area contributed by atoms with Crippen LogP contribution in [0.25, 0.3) is 0 Å². The first-order valence-electron chi connectivity index (χ1n) is 7.19. The smallest absolute Gasteiger partial charge is 0.307 e. The molecule has 2 aromatic rings. The molecule has 0 saturated carbocycles. The predicted molar refractivity (Wildman–Crippen MR) is 93.1 cm³/mol. The molecule has 0 aliphatic carbocycles. The van der Waals surface area contributed by atoms with Crippen molar-refractivity contribution in [2.75, 3.05) is 14.2 Å². The molecule has 24 heavy (non-hydrogen) atoms. The Morgan fingerprint density at radius 2 is 1.62 bits per heavy atom. The largest absolute Gasteiger partial charge is 0.493 e. The summed E-state index contributed by atoms with van der Waals surface area (Å²) in [7, 11) is 2.93. The molecule has 0 heterocycles. The lowest BCUT2D eigenvalue weighted by Gasteiger charge is -2.14. The van der Waals surface area contributed by atoms with Crippen LogP contribution < -0.4 is 9.47 Å². The van der Waals surface area contributed by atoms with Gasteiger partial charge in [0.25, 0.3) is 0 Å². The van der Waals surface area contributed by atoms with Gasteiger partial charge in [0.1, 0.15) is 0 Å². The van der Waals surface area contributed by atoms with E-state index in [1.165, 1.54) is 20.3 Å². The summed E-state index contributed by atoms with van der Waals surface area (Å²) in [5.41, 5.74) is 1.56. The zero-order chi connectivity index (χ0) is 17.7. The van der Waals surface area contributed by atoms with Crippen molar-refractivity contribution < 1.29 is 24.2 Å². The summed E-state index contributed by atoms with van der Waals surface area (Å²) < 4.78 is 11.3. The zero-order valence-electron chi connectivity index (χ0n) is 13.3. The van der Waals surface area contributed by atoms with E-state index in [0.717, 1.165) is 10.0 Å². The van der Waals surface area contributed by atoms with Crippen molar-refractivity contribution in [2.45, 2.75) is 12.8 Å². The summed E-state index contributed by atoms with van der Waals surface area (Å²) in [5.74, 6) is -0.412. The molecule has 0 atom stereocenters. The maximum Gasteiger partial charge on any atom is 0.307 e. The molecule has 0 radical (unpaired) electrons. The van der Waals surface area contributed by atoms with Gasteiger partial charge in [-0.05, 0) is 29.3 Å². The Morgan fingerprint density at radius 3 is 2.21 bits per heavy atom. The molecule has 0 fully saturated rings. The van der Waals surface area contributed by atoms with E-state index in [9.17, 15) is 9.59 Å². The molecule has 0 aliphatic heterocycles. The molecule has 0 bridgehead atoms. The molecule has 0 saturated heterocycles. The van der Waals surface area contributed by atoms with Crippen LogP contribution in [0.4, 0.5) is 0 Å². The van der Waals surface area contributed by atoms with Crippen molar-refractivity contribution in [3.8, 4) is 11.5 Å². The normalized spacial score (nSPS) is 10.3. The Hall–Kier alpha value is -2.34. The van der Waals surface area contributed by atoms with E-state index in [4.69, 9.17) is 14.6 Å². The molecule has 6 heteroatoms. The zero-order valence-corrected chi connectivity index (χ0v) is 14.9. The molecule has 0 aliphatic rings. The molecule has 1 N–H and O–H groups in total. The van der Waals surface area contributed by atoms with Gasteiger partial charge in [-0.2, -0.15) is 0 Å². The van der Waals surface area contributed by atoms with Gasteiger partial charge >= 0.3 is 5.97 Å². The van der Waals surface area contributed by atoms with Gasteiger partial charge < -0.3 is 14.6 Å². The van der Waals surface area contributed by atoms with Crippen LogP contribution in [0.1, 0.15) is 21.5 Å². The number of ketones is 1. The number of methoxy groups -OCH3 is 2. The van der Waals surface area contributed by atoms with Crippen molar-refractivity contribution >= 4 is 27.7 Å². The SMILES string of the molecule is COc1cc(CC(=O)O)c(C(=O)Cc2ccccc2Br)cc1OC. The van der Waals surface area contributed by atoms with E-state index in [2.05, 4.69) is 15.9 Å². The first kappa shape index (κ1) is 18.0. The number of rotatable bonds is 7. The van der Waals surface area contributed by atoms with E-state index in [0.29, 0.717) is 22.6 Å². The Kier molecular flexibility index (Phi) is 5.98. The highest BCUT2D eigenvalue weighted by molar-refractivity contribution is 9.10. The van der Waals surface area contributed by atoms with Crippen molar-refractivity contribution in [1.29, 1.82) is 0 Å². The number of hydrogen-bond donors (Lipinski definition) is 1. The van der Waals surface area contributed by atoms with Crippen LogP contribution in [0.2, 0.25) is 0 Å². The summed E-state index contributed by atoms with van der Waals surface area (Å²) in [6.07, 6.45) is -0.110. The number of carbonyl (C=O) groups is 2. The standard InChI is InChI=1S/C18H17BrO5/c1-23-16-8-12(9-18(21)22)13(10-17(16)24-2)15(20)7-11-5-3-4-6-14(11)19/h3-6,8,10H,7,9H2,1-2H3,(H,21,22). The average Bonchev–Trinajstić information content (AvgIpc) is 2.55. The molecule has 0 aromatic heterocycles. The van der Waals surface area contributed by atoms with Crippen LogP contribution in [0.15, 0.2) is 40.9 Å². The minimum absolute atomic E-state index is 0.156. The maximum absolute atomic E-state index is 12.7. The lowest BCUT2D eigenvalue weighted by molar-refractivity contribution is -0.136. The van der Waals surface area contributed by atoms with Gasteiger partial charge in [-0.15, -0.1) is 0 Å². The average molecular weight is 393 g/mol. The van der Waals surface area contributed by atoms with Crippen LogP contribution in [0, 0.1) is 0 Å².